The van der Waals surface area contributed by atoms with Crippen LogP contribution < -0.4 is 10.6 Å². The van der Waals surface area contributed by atoms with Crippen molar-refractivity contribution < 1.29 is 14.7 Å². The molecule has 6 heteroatoms. The summed E-state index contributed by atoms with van der Waals surface area (Å²) < 4.78 is 0.867. The number of halogens is 1. The second-order valence-corrected chi connectivity index (χ2v) is 6.89. The van der Waals surface area contributed by atoms with E-state index in [0.29, 0.717) is 0 Å². The Kier molecular flexibility index (Phi) is 6.58. The minimum atomic E-state index is -1.07. The number of aryl methyl sites for hydroxylation is 1. The minimum absolute atomic E-state index is 0.209. The molecule has 0 saturated heterocycles. The van der Waals surface area contributed by atoms with Gasteiger partial charge < -0.3 is 15.7 Å². The number of amides is 2. The Hall–Kier alpha value is -2.34. The van der Waals surface area contributed by atoms with E-state index in [2.05, 4.69) is 26.6 Å². The number of carboxylic acids is 1. The summed E-state index contributed by atoms with van der Waals surface area (Å²) in [5, 5.41) is 14.7. The quantitative estimate of drug-likeness (QED) is 0.684. The van der Waals surface area contributed by atoms with Gasteiger partial charge in [0.15, 0.2) is 0 Å². The summed E-state index contributed by atoms with van der Waals surface area (Å²) in [6.45, 7) is 3.85. The fourth-order valence-corrected chi connectivity index (χ4v) is 2.88. The van der Waals surface area contributed by atoms with Crippen molar-refractivity contribution in [2.24, 2.45) is 0 Å². The van der Waals surface area contributed by atoms with Crippen LogP contribution in [0.25, 0.3) is 0 Å². The Balaban J connectivity index is 1.97. The van der Waals surface area contributed by atoms with E-state index in [-0.39, 0.29) is 12.5 Å². The second kappa shape index (κ2) is 8.67. The van der Waals surface area contributed by atoms with E-state index in [1.165, 1.54) is 0 Å². The molecule has 0 saturated carbocycles. The molecular formula is C19H21BrN2O3. The normalized spacial score (nSPS) is 12.9. The van der Waals surface area contributed by atoms with Gasteiger partial charge in [0, 0.05) is 10.9 Å². The number of carbonyl (C=O) groups is 2. The second-order valence-electron chi connectivity index (χ2n) is 5.98. The first-order valence-corrected chi connectivity index (χ1v) is 8.75. The van der Waals surface area contributed by atoms with Gasteiger partial charge in [-0.25, -0.2) is 9.59 Å². The standard InChI is InChI=1S/C19H21BrN2O3/c1-12-6-8-15(9-7-12)13(2)21-19(25)22-17(18(23)24)11-14-4-3-5-16(20)10-14/h3-10,13,17H,11H2,1-2H3,(H,23,24)(H2,21,22,25). The lowest BCUT2D eigenvalue weighted by molar-refractivity contribution is -0.139. The summed E-state index contributed by atoms with van der Waals surface area (Å²) >= 11 is 3.36. The molecule has 0 fully saturated rings. The van der Waals surface area contributed by atoms with Crippen molar-refractivity contribution in [3.63, 3.8) is 0 Å². The average molecular weight is 405 g/mol. The van der Waals surface area contributed by atoms with Crippen LogP contribution in [0.15, 0.2) is 53.0 Å². The van der Waals surface area contributed by atoms with Gasteiger partial charge in [0.2, 0.25) is 0 Å². The number of nitrogens with one attached hydrogen (secondary N) is 2. The zero-order valence-electron chi connectivity index (χ0n) is 14.1. The Bertz CT molecular complexity index is 747. The highest BCUT2D eigenvalue weighted by molar-refractivity contribution is 9.10. The van der Waals surface area contributed by atoms with Gasteiger partial charge in [-0.05, 0) is 37.1 Å². The Morgan fingerprint density at radius 1 is 1.12 bits per heavy atom. The molecule has 2 unspecified atom stereocenters. The third-order valence-electron chi connectivity index (χ3n) is 3.86. The van der Waals surface area contributed by atoms with E-state index in [0.717, 1.165) is 21.2 Å². The van der Waals surface area contributed by atoms with Crippen molar-refractivity contribution in [2.75, 3.05) is 0 Å². The summed E-state index contributed by atoms with van der Waals surface area (Å²) in [5.41, 5.74) is 2.92. The van der Waals surface area contributed by atoms with Crippen LogP contribution >= 0.6 is 15.9 Å². The Morgan fingerprint density at radius 3 is 2.40 bits per heavy atom. The number of aliphatic carboxylic acids is 1. The van der Waals surface area contributed by atoms with Gasteiger partial charge in [-0.3, -0.25) is 0 Å². The molecular weight excluding hydrogens is 384 g/mol. The number of benzene rings is 2. The third kappa shape index (κ3) is 5.90. The van der Waals surface area contributed by atoms with E-state index in [1.807, 2.05) is 62.4 Å². The smallest absolute Gasteiger partial charge is 0.326 e. The van der Waals surface area contributed by atoms with Crippen LogP contribution in [0.3, 0.4) is 0 Å². The zero-order valence-corrected chi connectivity index (χ0v) is 15.7. The lowest BCUT2D eigenvalue weighted by Gasteiger charge is -2.19. The van der Waals surface area contributed by atoms with Gasteiger partial charge >= 0.3 is 12.0 Å². The van der Waals surface area contributed by atoms with Crippen LogP contribution in [0.2, 0.25) is 0 Å². The van der Waals surface area contributed by atoms with Crippen molar-refractivity contribution in [3.8, 4) is 0 Å². The molecule has 0 heterocycles. The molecule has 25 heavy (non-hydrogen) atoms. The first-order valence-electron chi connectivity index (χ1n) is 7.96. The molecule has 2 amide bonds. The molecule has 2 aromatic rings. The molecule has 0 aliphatic heterocycles. The average Bonchev–Trinajstić information content (AvgIpc) is 2.54. The highest BCUT2D eigenvalue weighted by Crippen LogP contribution is 2.14. The van der Waals surface area contributed by atoms with Crippen LogP contribution in [0, 0.1) is 6.92 Å². The van der Waals surface area contributed by atoms with Crippen LogP contribution in [0.1, 0.15) is 29.7 Å². The van der Waals surface area contributed by atoms with Crippen LogP contribution in [-0.2, 0) is 11.2 Å². The fourth-order valence-electron chi connectivity index (χ4n) is 2.43. The van der Waals surface area contributed by atoms with Crippen molar-refractivity contribution in [3.05, 3.63) is 69.7 Å². The molecule has 0 aliphatic carbocycles. The summed E-state index contributed by atoms with van der Waals surface area (Å²) in [4.78, 5) is 23.6. The molecule has 2 aromatic carbocycles. The Labute approximate surface area is 155 Å². The van der Waals surface area contributed by atoms with Gasteiger partial charge in [0.05, 0.1) is 6.04 Å². The first kappa shape index (κ1) is 19.0. The SMILES string of the molecule is Cc1ccc(C(C)NC(=O)NC(Cc2cccc(Br)c2)C(=O)O)cc1. The van der Waals surface area contributed by atoms with Gasteiger partial charge in [0.1, 0.15) is 6.04 Å². The maximum atomic E-state index is 12.2. The summed E-state index contributed by atoms with van der Waals surface area (Å²) in [7, 11) is 0. The highest BCUT2D eigenvalue weighted by Gasteiger charge is 2.21. The fraction of sp³-hybridized carbons (Fsp3) is 0.263. The monoisotopic (exact) mass is 404 g/mol. The molecule has 2 atom stereocenters. The van der Waals surface area contributed by atoms with Crippen LogP contribution in [0.4, 0.5) is 4.79 Å². The number of hydrogen-bond acceptors (Lipinski definition) is 2. The zero-order chi connectivity index (χ0) is 18.4. The van der Waals surface area contributed by atoms with Crippen molar-refractivity contribution in [1.29, 1.82) is 0 Å². The van der Waals surface area contributed by atoms with Gasteiger partial charge in [-0.15, -0.1) is 0 Å². The third-order valence-corrected chi connectivity index (χ3v) is 4.35. The maximum Gasteiger partial charge on any atom is 0.326 e. The lowest BCUT2D eigenvalue weighted by Crippen LogP contribution is -2.47. The minimum Gasteiger partial charge on any atom is -0.480 e. The molecule has 0 aromatic heterocycles. The number of carboxylic acid groups (broad SMARTS) is 1. The summed E-state index contributed by atoms with van der Waals surface area (Å²) in [6, 6.07) is 13.5. The Morgan fingerprint density at radius 2 is 1.80 bits per heavy atom. The highest BCUT2D eigenvalue weighted by atomic mass is 79.9. The largest absolute Gasteiger partial charge is 0.480 e. The van der Waals surface area contributed by atoms with E-state index in [9.17, 15) is 14.7 Å². The van der Waals surface area contributed by atoms with Gasteiger partial charge in [-0.1, -0.05) is 57.9 Å². The number of carbonyl (C=O) groups excluding carboxylic acids is 1. The van der Waals surface area contributed by atoms with Crippen molar-refractivity contribution in [2.45, 2.75) is 32.4 Å². The summed E-state index contributed by atoms with van der Waals surface area (Å²) in [6.07, 6.45) is 0.209. The van der Waals surface area contributed by atoms with Crippen molar-refractivity contribution in [1.82, 2.24) is 10.6 Å². The molecule has 3 N–H and O–H groups in total. The number of hydrogen-bond donors (Lipinski definition) is 3. The van der Waals surface area contributed by atoms with Crippen LogP contribution in [0.5, 0.6) is 0 Å². The molecule has 132 valence electrons. The molecule has 0 aliphatic rings. The molecule has 0 spiro atoms. The molecule has 2 rings (SSSR count). The predicted molar refractivity (Wildman–Crippen MR) is 101 cm³/mol. The first-order chi connectivity index (χ1) is 11.8. The molecule has 5 nitrogen and oxygen atoms in total. The summed E-state index contributed by atoms with van der Waals surface area (Å²) in [5.74, 6) is -1.07. The van der Waals surface area contributed by atoms with E-state index < -0.39 is 18.0 Å². The van der Waals surface area contributed by atoms with Crippen molar-refractivity contribution >= 4 is 27.9 Å². The van der Waals surface area contributed by atoms with E-state index in [4.69, 9.17) is 0 Å². The number of urea groups is 1. The topological polar surface area (TPSA) is 78.4 Å². The van der Waals surface area contributed by atoms with Gasteiger partial charge in [-0.2, -0.15) is 0 Å². The van der Waals surface area contributed by atoms with Gasteiger partial charge in [0.25, 0.3) is 0 Å². The maximum absolute atomic E-state index is 12.2. The molecule has 0 bridgehead atoms. The van der Waals surface area contributed by atoms with Crippen LogP contribution in [-0.4, -0.2) is 23.1 Å². The predicted octanol–water partition coefficient (Wildman–Crippen LogP) is 3.81. The number of rotatable bonds is 6. The lowest BCUT2D eigenvalue weighted by atomic mass is 10.1. The molecule has 0 radical (unpaired) electrons. The van der Waals surface area contributed by atoms with E-state index in [1.54, 1.807) is 0 Å². The van der Waals surface area contributed by atoms with E-state index >= 15 is 0 Å².